The molecule has 0 bridgehead atoms. The number of hydrogen-bond acceptors (Lipinski definition) is 7. The molecular formula is C29H23N7O2. The highest BCUT2D eigenvalue weighted by Crippen LogP contribution is 2.36. The SMILES string of the molecule is COc1ccc(-c2c(Nc3cc(N)ncn3)[nH]c3c(-c4ccccc4)c(-c4ccccc4)nn3c2=O)cc1. The molecule has 0 aliphatic heterocycles. The van der Waals surface area contributed by atoms with E-state index in [-0.39, 0.29) is 5.56 Å². The number of anilines is 3. The average Bonchev–Trinajstić information content (AvgIpc) is 3.34. The summed E-state index contributed by atoms with van der Waals surface area (Å²) >= 11 is 0. The third-order valence-electron chi connectivity index (χ3n) is 6.21. The molecule has 0 radical (unpaired) electrons. The summed E-state index contributed by atoms with van der Waals surface area (Å²) in [6.45, 7) is 0. The van der Waals surface area contributed by atoms with Crippen molar-refractivity contribution in [3.05, 3.63) is 108 Å². The fourth-order valence-electron chi connectivity index (χ4n) is 4.44. The molecule has 38 heavy (non-hydrogen) atoms. The number of nitrogens with zero attached hydrogens (tertiary/aromatic N) is 4. The molecule has 0 aliphatic rings. The Kier molecular flexibility index (Phi) is 5.78. The zero-order valence-corrected chi connectivity index (χ0v) is 20.4. The van der Waals surface area contributed by atoms with Crippen molar-refractivity contribution in [2.75, 3.05) is 18.2 Å². The number of H-pyrrole nitrogens is 1. The first-order valence-electron chi connectivity index (χ1n) is 11.9. The van der Waals surface area contributed by atoms with Gasteiger partial charge in [-0.25, -0.2) is 9.97 Å². The maximum Gasteiger partial charge on any atom is 0.284 e. The first-order valence-corrected chi connectivity index (χ1v) is 11.9. The maximum absolute atomic E-state index is 14.1. The quantitative estimate of drug-likeness (QED) is 0.288. The van der Waals surface area contributed by atoms with Gasteiger partial charge < -0.3 is 20.8 Å². The molecule has 3 aromatic heterocycles. The topological polar surface area (TPSA) is 123 Å². The van der Waals surface area contributed by atoms with Crippen molar-refractivity contribution in [1.82, 2.24) is 24.6 Å². The van der Waals surface area contributed by atoms with Crippen LogP contribution in [0.15, 0.2) is 102 Å². The summed E-state index contributed by atoms with van der Waals surface area (Å²) in [5.41, 5.74) is 10.5. The Balaban J connectivity index is 1.67. The fourth-order valence-corrected chi connectivity index (χ4v) is 4.44. The van der Waals surface area contributed by atoms with Crippen molar-refractivity contribution in [2.45, 2.75) is 0 Å². The van der Waals surface area contributed by atoms with Gasteiger partial charge in [-0.2, -0.15) is 9.61 Å². The van der Waals surface area contributed by atoms with Crippen LogP contribution in [0.3, 0.4) is 0 Å². The van der Waals surface area contributed by atoms with Crippen LogP contribution in [-0.4, -0.2) is 31.7 Å². The third kappa shape index (κ3) is 4.11. The van der Waals surface area contributed by atoms with E-state index >= 15 is 0 Å². The number of ether oxygens (including phenoxy) is 1. The number of nitrogens with two attached hydrogens (primary N) is 1. The van der Waals surface area contributed by atoms with Crippen molar-refractivity contribution < 1.29 is 4.74 Å². The van der Waals surface area contributed by atoms with Crippen LogP contribution in [0.25, 0.3) is 39.2 Å². The van der Waals surface area contributed by atoms with Gasteiger partial charge in [0.15, 0.2) is 0 Å². The number of methoxy groups -OCH3 is 1. The van der Waals surface area contributed by atoms with E-state index in [0.29, 0.717) is 45.7 Å². The average molecular weight is 502 g/mol. The molecule has 0 unspecified atom stereocenters. The normalized spacial score (nSPS) is 11.0. The number of benzene rings is 3. The summed E-state index contributed by atoms with van der Waals surface area (Å²) in [5.74, 6) is 1.87. The summed E-state index contributed by atoms with van der Waals surface area (Å²) in [7, 11) is 1.60. The van der Waals surface area contributed by atoms with E-state index in [2.05, 4.69) is 20.3 Å². The van der Waals surface area contributed by atoms with Gasteiger partial charge >= 0.3 is 0 Å². The second-order valence-corrected chi connectivity index (χ2v) is 8.58. The lowest BCUT2D eigenvalue weighted by atomic mass is 10.0. The molecule has 0 saturated carbocycles. The monoisotopic (exact) mass is 501 g/mol. The molecule has 186 valence electrons. The van der Waals surface area contributed by atoms with Gasteiger partial charge in [0.2, 0.25) is 0 Å². The molecular weight excluding hydrogens is 478 g/mol. The second kappa shape index (κ2) is 9.55. The molecule has 9 heteroatoms. The molecule has 0 amide bonds. The Morgan fingerprint density at radius 2 is 1.50 bits per heavy atom. The Hall–Kier alpha value is -5.44. The molecule has 0 spiro atoms. The summed E-state index contributed by atoms with van der Waals surface area (Å²) in [6.07, 6.45) is 1.36. The fraction of sp³-hybridized carbons (Fsp3) is 0.0345. The lowest BCUT2D eigenvalue weighted by molar-refractivity contribution is 0.415. The smallest absolute Gasteiger partial charge is 0.284 e. The summed E-state index contributed by atoms with van der Waals surface area (Å²) in [4.78, 5) is 25.8. The summed E-state index contributed by atoms with van der Waals surface area (Å²) in [6, 6.07) is 28.5. The lowest BCUT2D eigenvalue weighted by Gasteiger charge is -2.13. The number of nitrogen functional groups attached to an aromatic ring is 1. The number of aromatic amines is 1. The van der Waals surface area contributed by atoms with Crippen LogP contribution in [0, 0.1) is 0 Å². The van der Waals surface area contributed by atoms with E-state index in [1.807, 2.05) is 72.8 Å². The minimum absolute atomic E-state index is 0.298. The van der Waals surface area contributed by atoms with Crippen LogP contribution in [0.5, 0.6) is 5.75 Å². The molecule has 0 atom stereocenters. The van der Waals surface area contributed by atoms with Crippen LogP contribution in [0.1, 0.15) is 0 Å². The highest BCUT2D eigenvalue weighted by atomic mass is 16.5. The number of aromatic nitrogens is 5. The molecule has 0 saturated heterocycles. The van der Waals surface area contributed by atoms with E-state index < -0.39 is 0 Å². The predicted molar refractivity (Wildman–Crippen MR) is 148 cm³/mol. The van der Waals surface area contributed by atoms with Crippen LogP contribution < -0.4 is 21.3 Å². The first-order chi connectivity index (χ1) is 18.6. The van der Waals surface area contributed by atoms with Crippen molar-refractivity contribution in [3.8, 4) is 39.3 Å². The lowest BCUT2D eigenvalue weighted by Crippen LogP contribution is -2.20. The largest absolute Gasteiger partial charge is 0.497 e. The van der Waals surface area contributed by atoms with E-state index in [9.17, 15) is 4.79 Å². The van der Waals surface area contributed by atoms with Crippen molar-refractivity contribution >= 4 is 23.1 Å². The van der Waals surface area contributed by atoms with Crippen molar-refractivity contribution in [2.24, 2.45) is 0 Å². The van der Waals surface area contributed by atoms with Crippen LogP contribution in [-0.2, 0) is 0 Å². The van der Waals surface area contributed by atoms with Gasteiger partial charge in [0.25, 0.3) is 5.56 Å². The molecule has 4 N–H and O–H groups in total. The first kappa shape index (κ1) is 23.0. The van der Waals surface area contributed by atoms with E-state index in [4.69, 9.17) is 15.6 Å². The minimum atomic E-state index is -0.298. The van der Waals surface area contributed by atoms with Crippen LogP contribution in [0.2, 0.25) is 0 Å². The van der Waals surface area contributed by atoms with Crippen molar-refractivity contribution in [1.29, 1.82) is 0 Å². The zero-order valence-electron chi connectivity index (χ0n) is 20.4. The Morgan fingerprint density at radius 1 is 0.842 bits per heavy atom. The Morgan fingerprint density at radius 3 is 2.16 bits per heavy atom. The second-order valence-electron chi connectivity index (χ2n) is 8.58. The molecule has 6 aromatic rings. The maximum atomic E-state index is 14.1. The summed E-state index contributed by atoms with van der Waals surface area (Å²) < 4.78 is 6.73. The third-order valence-corrected chi connectivity index (χ3v) is 6.21. The molecule has 3 aromatic carbocycles. The van der Waals surface area contributed by atoms with E-state index in [1.165, 1.54) is 10.8 Å². The van der Waals surface area contributed by atoms with Gasteiger partial charge in [-0.3, -0.25) is 4.79 Å². The van der Waals surface area contributed by atoms with Gasteiger partial charge in [-0.05, 0) is 23.3 Å². The number of fused-ring (bicyclic) bond motifs is 1. The highest BCUT2D eigenvalue weighted by molar-refractivity contribution is 5.92. The minimum Gasteiger partial charge on any atom is -0.497 e. The molecule has 3 heterocycles. The molecule has 0 aliphatic carbocycles. The summed E-state index contributed by atoms with van der Waals surface area (Å²) in [5, 5.41) is 8.06. The Labute approximate surface area is 217 Å². The zero-order chi connectivity index (χ0) is 26.1. The van der Waals surface area contributed by atoms with Gasteiger partial charge in [0.05, 0.1) is 18.2 Å². The molecule has 0 fully saturated rings. The van der Waals surface area contributed by atoms with Gasteiger partial charge in [-0.15, -0.1) is 0 Å². The standard InChI is InChI=1S/C29H23N7O2/c1-38-21-14-12-19(13-15-21)25-27(33-23-16-22(30)31-17-32-23)34-28-24(18-8-4-2-5-9-18)26(35-36(28)29(25)37)20-10-6-3-7-11-20/h2-17,34H,1H3,(H3,30,31,32,33). The van der Waals surface area contributed by atoms with Crippen LogP contribution >= 0.6 is 0 Å². The molecule has 9 nitrogen and oxygen atoms in total. The van der Waals surface area contributed by atoms with Gasteiger partial charge in [-0.1, -0.05) is 72.8 Å². The highest BCUT2D eigenvalue weighted by Gasteiger charge is 2.23. The van der Waals surface area contributed by atoms with Gasteiger partial charge in [0, 0.05) is 11.6 Å². The number of hydrogen-bond donors (Lipinski definition) is 3. The molecule has 6 rings (SSSR count). The van der Waals surface area contributed by atoms with Gasteiger partial charge in [0.1, 0.15) is 40.9 Å². The number of nitrogens with one attached hydrogen (secondary N) is 2. The number of rotatable bonds is 6. The van der Waals surface area contributed by atoms with E-state index in [0.717, 1.165) is 16.7 Å². The van der Waals surface area contributed by atoms with Crippen molar-refractivity contribution in [3.63, 3.8) is 0 Å². The predicted octanol–water partition coefficient (Wildman–Crippen LogP) is 5.15. The Bertz CT molecular complexity index is 1800. The van der Waals surface area contributed by atoms with Crippen LogP contribution in [0.4, 0.5) is 17.5 Å². The van der Waals surface area contributed by atoms with E-state index in [1.54, 1.807) is 25.3 Å².